The third-order valence-electron chi connectivity index (χ3n) is 4.82. The minimum Gasteiger partial charge on any atom is -0.366 e. The van der Waals surface area contributed by atoms with Crippen LogP contribution in [0.5, 0.6) is 0 Å². The molecule has 0 bridgehead atoms. The summed E-state index contributed by atoms with van der Waals surface area (Å²) in [5, 5.41) is 6.50. The minimum atomic E-state index is -0.761. The number of carbonyl (C=O) groups is 3. The second-order valence-electron chi connectivity index (χ2n) is 6.74. The van der Waals surface area contributed by atoms with Gasteiger partial charge in [0.1, 0.15) is 6.04 Å². The molecule has 0 spiro atoms. The van der Waals surface area contributed by atoms with Gasteiger partial charge in [0.05, 0.1) is 17.3 Å². The van der Waals surface area contributed by atoms with Crippen LogP contribution < -0.4 is 15.5 Å². The monoisotopic (exact) mass is 430 g/mol. The molecule has 2 N–H and O–H groups in total. The number of imide groups is 1. The van der Waals surface area contributed by atoms with Gasteiger partial charge in [-0.25, -0.2) is 9.69 Å². The highest BCUT2D eigenvalue weighted by atomic mass is 35.5. The molecule has 0 radical (unpaired) electrons. The zero-order valence-corrected chi connectivity index (χ0v) is 16.7. The van der Waals surface area contributed by atoms with Crippen LogP contribution >= 0.6 is 23.2 Å². The Balaban J connectivity index is 1.57. The summed E-state index contributed by atoms with van der Waals surface area (Å²) in [6.45, 7) is 0. The van der Waals surface area contributed by atoms with E-state index in [9.17, 15) is 14.4 Å². The van der Waals surface area contributed by atoms with Crippen LogP contribution in [-0.4, -0.2) is 41.9 Å². The molecule has 0 aliphatic carbocycles. The van der Waals surface area contributed by atoms with E-state index in [1.807, 2.05) is 0 Å². The topological polar surface area (TPSA) is 81.8 Å². The molecule has 0 saturated carbocycles. The van der Waals surface area contributed by atoms with Gasteiger partial charge in [-0.15, -0.1) is 0 Å². The molecule has 2 aromatic carbocycles. The van der Waals surface area contributed by atoms with Crippen LogP contribution in [0, 0.1) is 0 Å². The van der Waals surface area contributed by atoms with Crippen molar-refractivity contribution in [3.63, 3.8) is 0 Å². The zero-order chi connectivity index (χ0) is 20.7. The number of nitrogens with zero attached hydrogens (tertiary/aromatic N) is 2. The quantitative estimate of drug-likeness (QED) is 0.782. The van der Waals surface area contributed by atoms with Gasteiger partial charge in [0, 0.05) is 29.0 Å². The second kappa shape index (κ2) is 7.42. The van der Waals surface area contributed by atoms with Gasteiger partial charge in [0.25, 0.3) is 11.8 Å². The lowest BCUT2D eigenvalue weighted by Crippen LogP contribution is -2.65. The standard InChI is InChI=1S/C20H16Cl2N4O3/c1-25-10-15(18(27)23-13-4-2-3-12(22)9-13)16-17(25)19(28)26(20(29)24-16)14-7-5-11(21)6-8-14/h2-10,16-17H,1H3,(H,23,27)(H,24,29). The van der Waals surface area contributed by atoms with E-state index in [1.165, 1.54) is 0 Å². The van der Waals surface area contributed by atoms with Gasteiger partial charge < -0.3 is 15.5 Å². The molecule has 4 rings (SSSR count). The third-order valence-corrected chi connectivity index (χ3v) is 5.30. The lowest BCUT2D eigenvalue weighted by atomic mass is 9.99. The number of fused-ring (bicyclic) bond motifs is 1. The number of nitrogens with one attached hydrogen (secondary N) is 2. The molecule has 2 aliphatic heterocycles. The minimum absolute atomic E-state index is 0.287. The summed E-state index contributed by atoms with van der Waals surface area (Å²) < 4.78 is 0. The van der Waals surface area contributed by atoms with E-state index in [-0.39, 0.29) is 5.57 Å². The highest BCUT2D eigenvalue weighted by molar-refractivity contribution is 6.31. The van der Waals surface area contributed by atoms with Crippen molar-refractivity contribution in [2.75, 3.05) is 17.3 Å². The van der Waals surface area contributed by atoms with Gasteiger partial charge in [-0.2, -0.15) is 0 Å². The number of benzene rings is 2. The summed E-state index contributed by atoms with van der Waals surface area (Å²) in [6, 6.07) is 11.0. The molecule has 2 atom stereocenters. The third kappa shape index (κ3) is 3.54. The average molecular weight is 431 g/mol. The number of likely N-dealkylation sites (N-methyl/N-ethyl adjacent to an activating group) is 1. The summed E-state index contributed by atoms with van der Waals surface area (Å²) in [5.74, 6) is -0.843. The molecular weight excluding hydrogens is 415 g/mol. The van der Waals surface area contributed by atoms with E-state index in [1.54, 1.807) is 66.7 Å². The highest BCUT2D eigenvalue weighted by Crippen LogP contribution is 2.30. The second-order valence-corrected chi connectivity index (χ2v) is 7.61. The van der Waals surface area contributed by atoms with Crippen LogP contribution in [0.4, 0.5) is 16.2 Å². The Morgan fingerprint density at radius 3 is 2.48 bits per heavy atom. The molecule has 1 saturated heterocycles. The Hall–Kier alpha value is -3.03. The number of hydrogen-bond donors (Lipinski definition) is 2. The Morgan fingerprint density at radius 2 is 1.79 bits per heavy atom. The van der Waals surface area contributed by atoms with Gasteiger partial charge in [-0.3, -0.25) is 9.59 Å². The molecule has 29 heavy (non-hydrogen) atoms. The smallest absolute Gasteiger partial charge is 0.329 e. The van der Waals surface area contributed by atoms with Crippen molar-refractivity contribution in [2.24, 2.45) is 0 Å². The fourth-order valence-corrected chi connectivity index (χ4v) is 3.81. The molecule has 0 aromatic heterocycles. The van der Waals surface area contributed by atoms with E-state index >= 15 is 0 Å². The fraction of sp³-hybridized carbons (Fsp3) is 0.150. The average Bonchev–Trinajstić information content (AvgIpc) is 3.00. The number of rotatable bonds is 3. The predicted octanol–water partition coefficient (Wildman–Crippen LogP) is 3.25. The van der Waals surface area contributed by atoms with Crippen LogP contribution in [0.1, 0.15) is 0 Å². The first-order valence-corrected chi connectivity index (χ1v) is 9.51. The van der Waals surface area contributed by atoms with Gasteiger partial charge >= 0.3 is 6.03 Å². The van der Waals surface area contributed by atoms with Crippen molar-refractivity contribution in [1.29, 1.82) is 0 Å². The Morgan fingerprint density at radius 1 is 1.07 bits per heavy atom. The molecule has 2 heterocycles. The molecule has 2 aliphatic rings. The molecule has 2 unspecified atom stereocenters. The van der Waals surface area contributed by atoms with Crippen LogP contribution in [0.25, 0.3) is 0 Å². The Kier molecular flexibility index (Phi) is 4.94. The van der Waals surface area contributed by atoms with E-state index in [2.05, 4.69) is 10.6 Å². The Labute approximate surface area is 176 Å². The Bertz CT molecular complexity index is 1040. The molecule has 7 nitrogen and oxygen atoms in total. The van der Waals surface area contributed by atoms with Crippen LogP contribution in [0.2, 0.25) is 10.0 Å². The summed E-state index contributed by atoms with van der Waals surface area (Å²) in [5.41, 5.74) is 1.21. The summed E-state index contributed by atoms with van der Waals surface area (Å²) in [6.07, 6.45) is 1.57. The number of halogens is 2. The van der Waals surface area contributed by atoms with Crippen molar-refractivity contribution < 1.29 is 14.4 Å². The van der Waals surface area contributed by atoms with Crippen molar-refractivity contribution in [2.45, 2.75) is 12.1 Å². The summed E-state index contributed by atoms with van der Waals surface area (Å²) >= 11 is 11.8. The molecular formula is C20H16Cl2N4O3. The number of anilines is 2. The number of carbonyl (C=O) groups excluding carboxylic acids is 3. The predicted molar refractivity (Wildman–Crippen MR) is 111 cm³/mol. The summed E-state index contributed by atoms with van der Waals surface area (Å²) in [4.78, 5) is 41.2. The molecule has 148 valence electrons. The SMILES string of the molecule is CN1C=C(C(=O)Nc2cccc(Cl)c2)C2NC(=O)N(c3ccc(Cl)cc3)C(=O)C21. The first-order valence-electron chi connectivity index (χ1n) is 8.76. The lowest BCUT2D eigenvalue weighted by molar-refractivity contribution is -0.122. The van der Waals surface area contributed by atoms with E-state index in [4.69, 9.17) is 23.2 Å². The maximum absolute atomic E-state index is 13.1. The zero-order valence-electron chi connectivity index (χ0n) is 15.2. The largest absolute Gasteiger partial charge is 0.366 e. The van der Waals surface area contributed by atoms with Crippen molar-refractivity contribution >= 4 is 52.4 Å². The van der Waals surface area contributed by atoms with Gasteiger partial charge in [-0.1, -0.05) is 29.3 Å². The number of amides is 4. The van der Waals surface area contributed by atoms with Gasteiger partial charge in [-0.05, 0) is 42.5 Å². The normalized spacial score (nSPS) is 20.9. The molecule has 2 aromatic rings. The van der Waals surface area contributed by atoms with E-state index in [0.29, 0.717) is 21.4 Å². The first-order chi connectivity index (χ1) is 13.8. The fourth-order valence-electron chi connectivity index (χ4n) is 3.49. The van der Waals surface area contributed by atoms with Gasteiger partial charge in [0.2, 0.25) is 0 Å². The van der Waals surface area contributed by atoms with E-state index < -0.39 is 29.9 Å². The van der Waals surface area contributed by atoms with Crippen LogP contribution in [-0.2, 0) is 9.59 Å². The van der Waals surface area contributed by atoms with Crippen LogP contribution in [0.3, 0.4) is 0 Å². The maximum Gasteiger partial charge on any atom is 0.329 e. The molecule has 4 amide bonds. The lowest BCUT2D eigenvalue weighted by Gasteiger charge is -2.37. The molecule has 1 fully saturated rings. The van der Waals surface area contributed by atoms with Gasteiger partial charge in [0.15, 0.2) is 0 Å². The number of hydrogen-bond acceptors (Lipinski definition) is 4. The first kappa shape index (κ1) is 19.3. The number of urea groups is 1. The van der Waals surface area contributed by atoms with E-state index in [0.717, 1.165) is 4.90 Å². The maximum atomic E-state index is 13.1. The van der Waals surface area contributed by atoms with Crippen molar-refractivity contribution in [3.8, 4) is 0 Å². The molecule has 9 heteroatoms. The highest BCUT2D eigenvalue weighted by Gasteiger charge is 2.49. The van der Waals surface area contributed by atoms with Crippen molar-refractivity contribution in [1.82, 2.24) is 10.2 Å². The van der Waals surface area contributed by atoms with Crippen molar-refractivity contribution in [3.05, 3.63) is 70.3 Å². The summed E-state index contributed by atoms with van der Waals surface area (Å²) in [7, 11) is 1.69. The van der Waals surface area contributed by atoms with Crippen LogP contribution in [0.15, 0.2) is 60.3 Å².